The third-order valence-corrected chi connectivity index (χ3v) is 12.8. The minimum Gasteiger partial charge on any atom is -0.157 e. The van der Waals surface area contributed by atoms with Crippen LogP contribution in [-0.2, 0) is 0 Å². The molecule has 0 radical (unpaired) electrons. The van der Waals surface area contributed by atoms with E-state index in [9.17, 15) is 0 Å². The lowest BCUT2D eigenvalue weighted by Gasteiger charge is -2.60. The van der Waals surface area contributed by atoms with E-state index in [2.05, 4.69) is 69.0 Å². The van der Waals surface area contributed by atoms with E-state index in [0.717, 1.165) is 45.7 Å². The molecule has 1 saturated heterocycles. The van der Waals surface area contributed by atoms with Gasteiger partial charge in [0.1, 0.15) is 0 Å². The van der Waals surface area contributed by atoms with E-state index < -0.39 is 0 Å². The Labute approximate surface area is 168 Å². The summed E-state index contributed by atoms with van der Waals surface area (Å²) >= 11 is 5.28. The van der Waals surface area contributed by atoms with Crippen LogP contribution in [0.5, 0.6) is 0 Å². The molecule has 4 aliphatic rings. The van der Waals surface area contributed by atoms with Crippen molar-refractivity contribution in [2.24, 2.45) is 40.4 Å². The second kappa shape index (κ2) is 6.04. The first-order valence-corrected chi connectivity index (χ1v) is 12.7. The van der Waals surface area contributed by atoms with Gasteiger partial charge in [-0.25, -0.2) is 0 Å². The molecule has 1 spiro atoms. The Bertz CT molecular complexity index is 498. The lowest BCUT2D eigenvalue weighted by atomic mass is 9.45. The van der Waals surface area contributed by atoms with Crippen LogP contribution in [0.4, 0.5) is 0 Å². The molecule has 0 aromatic heterocycles. The van der Waals surface area contributed by atoms with Crippen LogP contribution in [-0.4, -0.2) is 14.4 Å². The SMILES string of the molecule is CC(C)CC1SCC23CC4CCC12CCC3C(C(C)(I)C(C)C)C4. The van der Waals surface area contributed by atoms with Crippen LogP contribution in [0.2, 0.25) is 0 Å². The Morgan fingerprint density at radius 2 is 1.83 bits per heavy atom. The van der Waals surface area contributed by atoms with Gasteiger partial charge in [0.15, 0.2) is 0 Å². The fraction of sp³-hybridized carbons (Fsp3) is 1.00. The summed E-state index contributed by atoms with van der Waals surface area (Å²) in [5.41, 5.74) is 1.45. The summed E-state index contributed by atoms with van der Waals surface area (Å²) in [5, 5.41) is 0.974. The van der Waals surface area contributed by atoms with E-state index in [0.29, 0.717) is 3.42 Å². The third kappa shape index (κ3) is 2.36. The summed E-state index contributed by atoms with van der Waals surface area (Å²) < 4.78 is 0.488. The summed E-state index contributed by atoms with van der Waals surface area (Å²) in [6.07, 6.45) is 10.9. The molecule has 2 bridgehead atoms. The van der Waals surface area contributed by atoms with Crippen LogP contribution in [0, 0.1) is 40.4 Å². The molecule has 4 rings (SSSR count). The highest BCUT2D eigenvalue weighted by Gasteiger charge is 2.71. The Hall–Kier alpha value is 1.08. The topological polar surface area (TPSA) is 0 Å². The van der Waals surface area contributed by atoms with E-state index >= 15 is 0 Å². The molecule has 3 aliphatic carbocycles. The van der Waals surface area contributed by atoms with Crippen LogP contribution in [0.25, 0.3) is 0 Å². The molecule has 0 aromatic carbocycles. The van der Waals surface area contributed by atoms with Crippen LogP contribution in [0.1, 0.15) is 79.6 Å². The predicted octanol–water partition coefficient (Wildman–Crippen LogP) is 7.20. The predicted molar refractivity (Wildman–Crippen MR) is 116 cm³/mol. The zero-order valence-electron chi connectivity index (χ0n) is 16.4. The molecule has 138 valence electrons. The first-order valence-electron chi connectivity index (χ1n) is 10.5. The number of rotatable bonds is 4. The molecule has 0 amide bonds. The van der Waals surface area contributed by atoms with E-state index in [1.165, 1.54) is 12.2 Å². The molecule has 2 heteroatoms. The molecule has 7 atom stereocenters. The van der Waals surface area contributed by atoms with Crippen molar-refractivity contribution < 1.29 is 0 Å². The number of hydrogen-bond donors (Lipinski definition) is 0. The summed E-state index contributed by atoms with van der Waals surface area (Å²) in [6, 6.07) is 0. The first-order chi connectivity index (χ1) is 11.2. The molecular weight excluding hydrogens is 423 g/mol. The molecule has 7 unspecified atom stereocenters. The zero-order chi connectivity index (χ0) is 17.3. The molecule has 1 aliphatic heterocycles. The summed E-state index contributed by atoms with van der Waals surface area (Å²) in [7, 11) is 0. The Morgan fingerprint density at radius 3 is 2.50 bits per heavy atom. The van der Waals surface area contributed by atoms with E-state index in [4.69, 9.17) is 0 Å². The molecule has 4 fully saturated rings. The zero-order valence-corrected chi connectivity index (χ0v) is 19.4. The van der Waals surface area contributed by atoms with Crippen molar-refractivity contribution in [3.8, 4) is 0 Å². The third-order valence-electron chi connectivity index (χ3n) is 9.03. The Morgan fingerprint density at radius 1 is 1.12 bits per heavy atom. The van der Waals surface area contributed by atoms with Gasteiger partial charge in [-0.05, 0) is 85.4 Å². The highest BCUT2D eigenvalue weighted by atomic mass is 127. The standard InChI is InChI=1S/C22H37IS/c1-14(2)10-19-21-8-6-16-11-18(20(5,23)15(3)4)17(7-9-21)22(21,12-16)13-24-19/h14-19H,6-13H2,1-5H3. The van der Waals surface area contributed by atoms with Crippen molar-refractivity contribution in [1.82, 2.24) is 0 Å². The highest BCUT2D eigenvalue weighted by Crippen LogP contribution is 2.78. The molecule has 24 heavy (non-hydrogen) atoms. The van der Waals surface area contributed by atoms with Gasteiger partial charge < -0.3 is 0 Å². The maximum absolute atomic E-state index is 2.87. The average Bonchev–Trinajstić information content (AvgIpc) is 3.01. The van der Waals surface area contributed by atoms with Crippen molar-refractivity contribution in [3.63, 3.8) is 0 Å². The van der Waals surface area contributed by atoms with Gasteiger partial charge >= 0.3 is 0 Å². The van der Waals surface area contributed by atoms with Crippen molar-refractivity contribution in [2.45, 2.75) is 88.2 Å². The second-order valence-corrected chi connectivity index (χ2v) is 14.2. The van der Waals surface area contributed by atoms with Crippen LogP contribution in [0.3, 0.4) is 0 Å². The molecule has 0 N–H and O–H groups in total. The number of alkyl halides is 1. The van der Waals surface area contributed by atoms with Gasteiger partial charge in [-0.3, -0.25) is 0 Å². The van der Waals surface area contributed by atoms with Gasteiger partial charge in [0.2, 0.25) is 0 Å². The monoisotopic (exact) mass is 460 g/mol. The summed E-state index contributed by atoms with van der Waals surface area (Å²) in [5.74, 6) is 6.22. The minimum absolute atomic E-state index is 0.488. The average molecular weight is 461 g/mol. The lowest BCUT2D eigenvalue weighted by Crippen LogP contribution is -2.56. The second-order valence-electron chi connectivity index (χ2n) is 10.6. The van der Waals surface area contributed by atoms with Crippen molar-refractivity contribution in [1.29, 1.82) is 0 Å². The number of hydrogen-bond acceptors (Lipinski definition) is 1. The maximum Gasteiger partial charge on any atom is 0.0248 e. The van der Waals surface area contributed by atoms with Gasteiger partial charge in [-0.2, -0.15) is 11.8 Å². The summed E-state index contributed by atoms with van der Waals surface area (Å²) in [4.78, 5) is 0. The number of thioether (sulfide) groups is 1. The van der Waals surface area contributed by atoms with Crippen LogP contribution in [0.15, 0.2) is 0 Å². The van der Waals surface area contributed by atoms with Crippen molar-refractivity contribution in [3.05, 3.63) is 0 Å². The quantitative estimate of drug-likeness (QED) is 0.316. The maximum atomic E-state index is 2.87. The van der Waals surface area contributed by atoms with Crippen molar-refractivity contribution in [2.75, 3.05) is 5.75 Å². The lowest BCUT2D eigenvalue weighted by molar-refractivity contribution is -0.0790. The van der Waals surface area contributed by atoms with Crippen LogP contribution >= 0.6 is 34.4 Å². The van der Waals surface area contributed by atoms with E-state index in [1.807, 2.05) is 0 Å². The van der Waals surface area contributed by atoms with Crippen LogP contribution < -0.4 is 0 Å². The molecule has 0 aromatic rings. The van der Waals surface area contributed by atoms with Gasteiger partial charge in [0.05, 0.1) is 0 Å². The fourth-order valence-electron chi connectivity index (χ4n) is 7.56. The van der Waals surface area contributed by atoms with E-state index in [1.54, 1.807) is 38.5 Å². The van der Waals surface area contributed by atoms with E-state index in [-0.39, 0.29) is 0 Å². The largest absolute Gasteiger partial charge is 0.157 e. The van der Waals surface area contributed by atoms with Crippen molar-refractivity contribution >= 4 is 34.4 Å². The first kappa shape index (κ1) is 18.4. The normalized spacial score (nSPS) is 49.5. The van der Waals surface area contributed by atoms with Gasteiger partial charge in [0.25, 0.3) is 0 Å². The molecule has 0 nitrogen and oxygen atoms in total. The highest BCUT2D eigenvalue weighted by molar-refractivity contribution is 14.1. The summed E-state index contributed by atoms with van der Waals surface area (Å²) in [6.45, 7) is 12.4. The smallest absolute Gasteiger partial charge is 0.0248 e. The number of fused-ring (bicyclic) bond motifs is 1. The Kier molecular flexibility index (Phi) is 4.64. The van der Waals surface area contributed by atoms with Gasteiger partial charge in [-0.1, -0.05) is 57.2 Å². The van der Waals surface area contributed by atoms with Gasteiger partial charge in [-0.15, -0.1) is 0 Å². The molecule has 1 heterocycles. The minimum atomic E-state index is 0.488. The molecule has 3 saturated carbocycles. The molecular formula is C22H37IS. The Balaban J connectivity index is 1.72. The number of halogens is 1. The van der Waals surface area contributed by atoms with Gasteiger partial charge in [0, 0.05) is 14.4 Å². The fourth-order valence-corrected chi connectivity index (χ4v) is 10.7.